The molecule has 17 heavy (non-hydrogen) atoms. The van der Waals surface area contributed by atoms with Gasteiger partial charge in [-0.15, -0.1) is 24.9 Å². The van der Waals surface area contributed by atoms with Crippen LogP contribution >= 0.6 is 11.8 Å². The second-order valence-electron chi connectivity index (χ2n) is 3.35. The molecule has 96 valence electrons. The summed E-state index contributed by atoms with van der Waals surface area (Å²) in [7, 11) is 1.34. The van der Waals surface area contributed by atoms with E-state index in [0.717, 1.165) is 0 Å². The Labute approximate surface area is 107 Å². The molecule has 4 nitrogen and oxygen atoms in total. The summed E-state index contributed by atoms with van der Waals surface area (Å²) in [6.45, 7) is 9.87. The molecule has 0 saturated carbocycles. The zero-order chi connectivity index (χ0) is 13.3. The minimum atomic E-state index is -0.335. The van der Waals surface area contributed by atoms with Crippen LogP contribution in [0.4, 0.5) is 0 Å². The molecule has 1 amide bonds. The lowest BCUT2D eigenvalue weighted by molar-refractivity contribution is -0.139. The van der Waals surface area contributed by atoms with Crippen molar-refractivity contribution >= 4 is 23.6 Å². The van der Waals surface area contributed by atoms with E-state index in [4.69, 9.17) is 0 Å². The SMILES string of the molecule is C=CCN(CC=C)C(=O)CSC(C)C(=O)OC. The van der Waals surface area contributed by atoms with E-state index < -0.39 is 0 Å². The fourth-order valence-corrected chi connectivity index (χ4v) is 1.92. The zero-order valence-corrected chi connectivity index (χ0v) is 11.2. The molecule has 0 aliphatic carbocycles. The smallest absolute Gasteiger partial charge is 0.318 e. The lowest BCUT2D eigenvalue weighted by Crippen LogP contribution is -2.33. The highest BCUT2D eigenvalue weighted by Gasteiger charge is 2.17. The first-order valence-electron chi connectivity index (χ1n) is 5.25. The van der Waals surface area contributed by atoms with E-state index in [-0.39, 0.29) is 22.9 Å². The summed E-state index contributed by atoms with van der Waals surface area (Å²) in [6, 6.07) is 0. The summed E-state index contributed by atoms with van der Waals surface area (Å²) < 4.78 is 4.58. The van der Waals surface area contributed by atoms with E-state index in [1.54, 1.807) is 24.0 Å². The van der Waals surface area contributed by atoms with Crippen LogP contribution in [0.1, 0.15) is 6.92 Å². The predicted molar refractivity (Wildman–Crippen MR) is 70.9 cm³/mol. The Morgan fingerprint density at radius 3 is 2.29 bits per heavy atom. The predicted octanol–water partition coefficient (Wildman–Crippen LogP) is 1.48. The van der Waals surface area contributed by atoms with Crippen molar-refractivity contribution in [1.29, 1.82) is 0 Å². The molecule has 0 rings (SSSR count). The average molecular weight is 257 g/mol. The van der Waals surface area contributed by atoms with Crippen LogP contribution in [0.5, 0.6) is 0 Å². The molecule has 0 radical (unpaired) electrons. The van der Waals surface area contributed by atoms with Gasteiger partial charge in [0.1, 0.15) is 5.25 Å². The first-order valence-corrected chi connectivity index (χ1v) is 6.30. The lowest BCUT2D eigenvalue weighted by Gasteiger charge is -2.19. The average Bonchev–Trinajstić information content (AvgIpc) is 2.34. The Hall–Kier alpha value is -1.23. The van der Waals surface area contributed by atoms with E-state index >= 15 is 0 Å². The van der Waals surface area contributed by atoms with Crippen molar-refractivity contribution in [2.24, 2.45) is 0 Å². The number of hydrogen-bond acceptors (Lipinski definition) is 4. The molecule has 0 aliphatic heterocycles. The molecule has 0 N–H and O–H groups in total. The van der Waals surface area contributed by atoms with Crippen LogP contribution in [0.15, 0.2) is 25.3 Å². The topological polar surface area (TPSA) is 46.6 Å². The highest BCUT2D eigenvalue weighted by Crippen LogP contribution is 2.12. The standard InChI is InChI=1S/C12H19NO3S/c1-5-7-13(8-6-2)11(14)9-17-10(3)12(15)16-4/h5-6,10H,1-2,7-9H2,3-4H3. The number of rotatable bonds is 8. The van der Waals surface area contributed by atoms with Crippen molar-refractivity contribution in [3.05, 3.63) is 25.3 Å². The van der Waals surface area contributed by atoms with E-state index in [1.807, 2.05) is 0 Å². The second kappa shape index (κ2) is 8.87. The van der Waals surface area contributed by atoms with Gasteiger partial charge in [0.2, 0.25) is 5.91 Å². The largest absolute Gasteiger partial charge is 0.468 e. The summed E-state index contributed by atoms with van der Waals surface area (Å²) in [5, 5.41) is -0.335. The maximum atomic E-state index is 11.8. The van der Waals surface area contributed by atoms with Crippen LogP contribution in [-0.2, 0) is 14.3 Å². The fourth-order valence-electron chi connectivity index (χ4n) is 1.11. The van der Waals surface area contributed by atoms with Crippen LogP contribution in [-0.4, -0.2) is 48.0 Å². The Morgan fingerprint density at radius 1 is 1.35 bits per heavy atom. The molecule has 0 aromatic carbocycles. The van der Waals surface area contributed by atoms with Crippen molar-refractivity contribution in [3.8, 4) is 0 Å². The number of ether oxygens (including phenoxy) is 1. The maximum absolute atomic E-state index is 11.8. The molecule has 0 spiro atoms. The quantitative estimate of drug-likeness (QED) is 0.488. The molecule has 0 saturated heterocycles. The molecule has 0 bridgehead atoms. The van der Waals surface area contributed by atoms with Crippen LogP contribution < -0.4 is 0 Å². The Morgan fingerprint density at radius 2 is 1.88 bits per heavy atom. The van der Waals surface area contributed by atoms with Crippen LogP contribution in [0.25, 0.3) is 0 Å². The third kappa shape index (κ3) is 6.16. The van der Waals surface area contributed by atoms with Gasteiger partial charge in [-0.3, -0.25) is 9.59 Å². The number of carbonyl (C=O) groups is 2. The number of amides is 1. The third-order valence-electron chi connectivity index (χ3n) is 2.04. The van der Waals surface area contributed by atoms with Gasteiger partial charge in [0, 0.05) is 13.1 Å². The molecule has 0 aliphatic rings. The number of nitrogens with zero attached hydrogens (tertiary/aromatic N) is 1. The number of hydrogen-bond donors (Lipinski definition) is 0. The molecule has 0 fully saturated rings. The zero-order valence-electron chi connectivity index (χ0n) is 10.3. The highest BCUT2D eigenvalue weighted by atomic mass is 32.2. The Bertz CT molecular complexity index is 281. The molecule has 0 heterocycles. The minimum Gasteiger partial charge on any atom is -0.468 e. The monoisotopic (exact) mass is 257 g/mol. The molecular weight excluding hydrogens is 238 g/mol. The number of esters is 1. The molecular formula is C12H19NO3S. The molecule has 1 atom stereocenters. The van der Waals surface area contributed by atoms with E-state index in [9.17, 15) is 9.59 Å². The van der Waals surface area contributed by atoms with E-state index in [0.29, 0.717) is 13.1 Å². The van der Waals surface area contributed by atoms with Crippen molar-refractivity contribution in [1.82, 2.24) is 4.90 Å². The van der Waals surface area contributed by atoms with Gasteiger partial charge in [0.05, 0.1) is 12.9 Å². The van der Waals surface area contributed by atoms with Gasteiger partial charge in [-0.05, 0) is 6.92 Å². The normalized spacial score (nSPS) is 11.4. The summed E-state index contributed by atoms with van der Waals surface area (Å²) in [6.07, 6.45) is 3.33. The van der Waals surface area contributed by atoms with Gasteiger partial charge in [0.15, 0.2) is 0 Å². The van der Waals surface area contributed by atoms with Crippen LogP contribution in [0.3, 0.4) is 0 Å². The molecule has 1 unspecified atom stereocenters. The van der Waals surface area contributed by atoms with E-state index in [2.05, 4.69) is 17.9 Å². The van der Waals surface area contributed by atoms with Gasteiger partial charge in [-0.1, -0.05) is 12.2 Å². The van der Waals surface area contributed by atoms with Gasteiger partial charge in [-0.2, -0.15) is 0 Å². The first kappa shape index (κ1) is 15.8. The van der Waals surface area contributed by atoms with Crippen molar-refractivity contribution in [2.75, 3.05) is 26.0 Å². The summed E-state index contributed by atoms with van der Waals surface area (Å²) >= 11 is 1.26. The van der Waals surface area contributed by atoms with Crippen molar-refractivity contribution in [2.45, 2.75) is 12.2 Å². The molecule has 0 aromatic rings. The minimum absolute atomic E-state index is 0.0365. The van der Waals surface area contributed by atoms with Gasteiger partial charge >= 0.3 is 5.97 Å². The van der Waals surface area contributed by atoms with Gasteiger partial charge in [0.25, 0.3) is 0 Å². The van der Waals surface area contributed by atoms with Crippen molar-refractivity contribution in [3.63, 3.8) is 0 Å². The highest BCUT2D eigenvalue weighted by molar-refractivity contribution is 8.01. The number of carbonyl (C=O) groups excluding carboxylic acids is 2. The van der Waals surface area contributed by atoms with Crippen LogP contribution in [0, 0.1) is 0 Å². The van der Waals surface area contributed by atoms with Crippen LogP contribution in [0.2, 0.25) is 0 Å². The third-order valence-corrected chi connectivity index (χ3v) is 3.15. The molecule has 5 heteroatoms. The number of thioether (sulfide) groups is 1. The Kier molecular flexibility index (Phi) is 8.23. The van der Waals surface area contributed by atoms with E-state index in [1.165, 1.54) is 18.9 Å². The summed E-state index contributed by atoms with van der Waals surface area (Å²) in [5.41, 5.74) is 0. The van der Waals surface area contributed by atoms with Gasteiger partial charge in [-0.25, -0.2) is 0 Å². The maximum Gasteiger partial charge on any atom is 0.318 e. The molecule has 0 aromatic heterocycles. The summed E-state index contributed by atoms with van der Waals surface area (Å²) in [4.78, 5) is 24.6. The second-order valence-corrected chi connectivity index (χ2v) is 4.68. The van der Waals surface area contributed by atoms with Gasteiger partial charge < -0.3 is 9.64 Å². The van der Waals surface area contributed by atoms with Crippen molar-refractivity contribution < 1.29 is 14.3 Å². The summed E-state index contributed by atoms with van der Waals surface area (Å²) in [5.74, 6) is -0.106. The number of methoxy groups -OCH3 is 1. The fraction of sp³-hybridized carbons (Fsp3) is 0.500. The first-order chi connectivity index (χ1) is 8.06. The Balaban J connectivity index is 4.17. The lowest BCUT2D eigenvalue weighted by atomic mass is 10.4.